The Labute approximate surface area is 131 Å². The van der Waals surface area contributed by atoms with E-state index in [9.17, 15) is 13.6 Å². The molecule has 2 aliphatic heterocycles. The van der Waals surface area contributed by atoms with Crippen LogP contribution in [-0.2, 0) is 0 Å². The number of benzene rings is 1. The van der Waals surface area contributed by atoms with E-state index in [-0.39, 0.29) is 29.0 Å². The summed E-state index contributed by atoms with van der Waals surface area (Å²) in [5.74, 6) is -1.34. The topological polar surface area (TPSA) is 54.3 Å². The first-order chi connectivity index (χ1) is 11.1. The first kappa shape index (κ1) is 14.4. The zero-order valence-electron chi connectivity index (χ0n) is 12.3. The molecule has 0 aliphatic carbocycles. The number of carbonyl (C=O) groups is 1. The fourth-order valence-corrected chi connectivity index (χ4v) is 3.52. The molecular weight excluding hydrogens is 302 g/mol. The molecule has 120 valence electrons. The predicted molar refractivity (Wildman–Crippen MR) is 79.9 cm³/mol. The van der Waals surface area contributed by atoms with E-state index in [0.717, 1.165) is 31.4 Å². The van der Waals surface area contributed by atoms with E-state index in [4.69, 9.17) is 4.42 Å². The lowest BCUT2D eigenvalue weighted by Gasteiger charge is -2.20. The molecule has 2 fully saturated rings. The molecule has 2 N–H and O–H groups in total. The lowest BCUT2D eigenvalue weighted by molar-refractivity contribution is 0.0903. The van der Waals surface area contributed by atoms with Crippen molar-refractivity contribution in [2.45, 2.75) is 37.4 Å². The van der Waals surface area contributed by atoms with E-state index in [1.165, 1.54) is 18.2 Å². The number of fused-ring (bicyclic) bond motifs is 2. The van der Waals surface area contributed by atoms with E-state index in [1.807, 2.05) is 0 Å². The van der Waals surface area contributed by atoms with Gasteiger partial charge in [-0.1, -0.05) is 0 Å². The van der Waals surface area contributed by atoms with Crippen LogP contribution in [0.5, 0.6) is 0 Å². The van der Waals surface area contributed by atoms with Crippen molar-refractivity contribution in [3.63, 3.8) is 0 Å². The Balaban J connectivity index is 1.50. The Hall–Kier alpha value is -2.21. The van der Waals surface area contributed by atoms with E-state index in [1.54, 1.807) is 0 Å². The molecular formula is C17H16F2N2O2. The molecule has 2 aliphatic rings. The van der Waals surface area contributed by atoms with E-state index >= 15 is 0 Å². The van der Waals surface area contributed by atoms with E-state index in [0.29, 0.717) is 12.1 Å². The maximum atomic E-state index is 13.8. The molecule has 3 atom stereocenters. The molecule has 1 aromatic heterocycles. The van der Waals surface area contributed by atoms with Gasteiger partial charge in [0.2, 0.25) is 0 Å². The Morgan fingerprint density at radius 3 is 2.78 bits per heavy atom. The molecule has 3 heterocycles. The van der Waals surface area contributed by atoms with Crippen molar-refractivity contribution in [1.82, 2.24) is 10.6 Å². The van der Waals surface area contributed by atoms with Crippen LogP contribution in [0.4, 0.5) is 8.78 Å². The van der Waals surface area contributed by atoms with Crippen LogP contribution < -0.4 is 10.6 Å². The van der Waals surface area contributed by atoms with Crippen LogP contribution in [0.3, 0.4) is 0 Å². The van der Waals surface area contributed by atoms with Gasteiger partial charge in [-0.3, -0.25) is 4.79 Å². The molecule has 2 saturated heterocycles. The molecule has 2 bridgehead atoms. The second-order valence-electron chi connectivity index (χ2n) is 6.15. The van der Waals surface area contributed by atoms with Crippen LogP contribution in [0.15, 0.2) is 34.7 Å². The highest BCUT2D eigenvalue weighted by molar-refractivity contribution is 5.92. The monoisotopic (exact) mass is 318 g/mol. The highest BCUT2D eigenvalue weighted by atomic mass is 19.1. The fourth-order valence-electron chi connectivity index (χ4n) is 3.52. The highest BCUT2D eigenvalue weighted by Gasteiger charge is 2.39. The third-order valence-electron chi connectivity index (χ3n) is 4.64. The van der Waals surface area contributed by atoms with Crippen molar-refractivity contribution in [3.8, 4) is 11.3 Å². The van der Waals surface area contributed by atoms with Crippen LogP contribution in [0.2, 0.25) is 0 Å². The number of hydrogen-bond donors (Lipinski definition) is 2. The fraction of sp³-hybridized carbons (Fsp3) is 0.353. The molecule has 4 rings (SSSR count). The van der Waals surface area contributed by atoms with Crippen molar-refractivity contribution < 1.29 is 18.0 Å². The highest BCUT2D eigenvalue weighted by Crippen LogP contribution is 2.29. The zero-order valence-corrected chi connectivity index (χ0v) is 12.3. The van der Waals surface area contributed by atoms with Crippen LogP contribution in [-0.4, -0.2) is 24.0 Å². The van der Waals surface area contributed by atoms with Gasteiger partial charge in [0.15, 0.2) is 5.76 Å². The Morgan fingerprint density at radius 2 is 2.09 bits per heavy atom. The summed E-state index contributed by atoms with van der Waals surface area (Å²) in [4.78, 5) is 12.3. The summed E-state index contributed by atoms with van der Waals surface area (Å²) in [6.45, 7) is 0. The van der Waals surface area contributed by atoms with Gasteiger partial charge in [0.05, 0.1) is 5.56 Å². The number of nitrogens with one attached hydrogen (secondary N) is 2. The smallest absolute Gasteiger partial charge is 0.287 e. The standard InChI is InChI=1S/C17H16F2N2O2/c18-9-1-3-11(12(19)7-9)15-5-6-16(23-15)17(22)21-14-8-10-2-4-13(14)20-10/h1,3,5-7,10,13-14,20H,2,4,8H2,(H,21,22). The molecule has 0 saturated carbocycles. The van der Waals surface area contributed by atoms with Gasteiger partial charge in [0.25, 0.3) is 5.91 Å². The molecule has 6 heteroatoms. The SMILES string of the molecule is O=C(NC1CC2CCC1N2)c1ccc(-c2ccc(F)cc2F)o1. The molecule has 1 amide bonds. The number of amides is 1. The second kappa shape index (κ2) is 5.45. The van der Waals surface area contributed by atoms with Crippen molar-refractivity contribution >= 4 is 5.91 Å². The van der Waals surface area contributed by atoms with Gasteiger partial charge < -0.3 is 15.1 Å². The number of halogens is 2. The van der Waals surface area contributed by atoms with Crippen LogP contribution in [0, 0.1) is 11.6 Å². The molecule has 3 unspecified atom stereocenters. The maximum absolute atomic E-state index is 13.8. The number of rotatable bonds is 3. The third-order valence-corrected chi connectivity index (χ3v) is 4.64. The van der Waals surface area contributed by atoms with E-state index in [2.05, 4.69) is 10.6 Å². The van der Waals surface area contributed by atoms with Gasteiger partial charge >= 0.3 is 0 Å². The largest absolute Gasteiger partial charge is 0.451 e. The minimum Gasteiger partial charge on any atom is -0.451 e. The van der Waals surface area contributed by atoms with Crippen molar-refractivity contribution in [2.75, 3.05) is 0 Å². The van der Waals surface area contributed by atoms with Crippen molar-refractivity contribution in [1.29, 1.82) is 0 Å². The number of hydrogen-bond acceptors (Lipinski definition) is 3. The Kier molecular flexibility index (Phi) is 3.41. The summed E-state index contributed by atoms with van der Waals surface area (Å²) in [5, 5.41) is 6.41. The summed E-state index contributed by atoms with van der Waals surface area (Å²) in [6.07, 6.45) is 3.15. The minimum atomic E-state index is -0.719. The molecule has 0 radical (unpaired) electrons. The first-order valence-corrected chi connectivity index (χ1v) is 7.72. The van der Waals surface area contributed by atoms with Gasteiger partial charge in [0, 0.05) is 24.2 Å². The van der Waals surface area contributed by atoms with Crippen LogP contribution in [0.25, 0.3) is 11.3 Å². The predicted octanol–water partition coefficient (Wildman–Crippen LogP) is 2.85. The minimum absolute atomic E-state index is 0.109. The molecule has 1 aromatic carbocycles. The van der Waals surface area contributed by atoms with Gasteiger partial charge in [0.1, 0.15) is 17.4 Å². The summed E-state index contributed by atoms with van der Waals surface area (Å²) in [6, 6.07) is 7.19. The number of furan rings is 1. The average molecular weight is 318 g/mol. The van der Waals surface area contributed by atoms with Crippen molar-refractivity contribution in [2.24, 2.45) is 0 Å². The number of carbonyl (C=O) groups excluding carboxylic acids is 1. The van der Waals surface area contributed by atoms with Crippen molar-refractivity contribution in [3.05, 3.63) is 47.7 Å². The zero-order chi connectivity index (χ0) is 16.0. The molecule has 23 heavy (non-hydrogen) atoms. The first-order valence-electron chi connectivity index (χ1n) is 7.72. The van der Waals surface area contributed by atoms with Crippen LogP contribution >= 0.6 is 0 Å². The van der Waals surface area contributed by atoms with Gasteiger partial charge in [-0.05, 0) is 43.5 Å². The summed E-state index contributed by atoms with van der Waals surface area (Å²) in [7, 11) is 0. The second-order valence-corrected chi connectivity index (χ2v) is 6.15. The van der Waals surface area contributed by atoms with E-state index < -0.39 is 11.6 Å². The average Bonchev–Trinajstić information content (AvgIpc) is 3.23. The summed E-state index contributed by atoms with van der Waals surface area (Å²) in [5.41, 5.74) is 0.132. The Bertz CT molecular complexity index is 759. The quantitative estimate of drug-likeness (QED) is 0.915. The normalized spacial score (nSPS) is 25.7. The summed E-state index contributed by atoms with van der Waals surface area (Å²) < 4.78 is 32.2. The summed E-state index contributed by atoms with van der Waals surface area (Å²) >= 11 is 0. The lowest BCUT2D eigenvalue weighted by Crippen LogP contribution is -2.42. The molecule has 2 aromatic rings. The van der Waals surface area contributed by atoms with Gasteiger partial charge in [-0.15, -0.1) is 0 Å². The van der Waals surface area contributed by atoms with Crippen LogP contribution in [0.1, 0.15) is 29.8 Å². The maximum Gasteiger partial charge on any atom is 0.287 e. The molecule has 4 nitrogen and oxygen atoms in total. The van der Waals surface area contributed by atoms with Gasteiger partial charge in [-0.2, -0.15) is 0 Å². The molecule has 0 spiro atoms. The lowest BCUT2D eigenvalue weighted by atomic mass is 9.95. The third kappa shape index (κ3) is 2.63. The van der Waals surface area contributed by atoms with Gasteiger partial charge in [-0.25, -0.2) is 8.78 Å². The Morgan fingerprint density at radius 1 is 1.22 bits per heavy atom.